The Morgan fingerprint density at radius 2 is 1.38 bits per heavy atom. The molecule has 4 aromatic carbocycles. The smallest absolute Gasteiger partial charge is 0.264 e. The quantitative estimate of drug-likeness (QED) is 0.194. The molecule has 0 saturated carbocycles. The van der Waals surface area contributed by atoms with Crippen molar-refractivity contribution >= 4 is 44.8 Å². The average molecular weight is 528 g/mol. The van der Waals surface area contributed by atoms with Crippen molar-refractivity contribution in [1.82, 2.24) is 4.72 Å². The Morgan fingerprint density at radius 3 is 1.97 bits per heavy atom. The van der Waals surface area contributed by atoms with E-state index in [1.807, 2.05) is 65.4 Å². The molecule has 0 aromatic heterocycles. The van der Waals surface area contributed by atoms with Gasteiger partial charge in [-0.1, -0.05) is 110 Å². The van der Waals surface area contributed by atoms with Crippen molar-refractivity contribution in [2.75, 3.05) is 0 Å². The fourth-order valence-corrected chi connectivity index (χ4v) is 5.32. The van der Waals surface area contributed by atoms with Gasteiger partial charge in [-0.25, -0.2) is 13.1 Å². The maximum absolute atomic E-state index is 12.4. The van der Waals surface area contributed by atoms with Crippen molar-refractivity contribution in [1.29, 1.82) is 0 Å². The summed E-state index contributed by atoms with van der Waals surface area (Å²) in [4.78, 5) is 12.2. The Kier molecular flexibility index (Phi) is 8.39. The zero-order valence-corrected chi connectivity index (χ0v) is 21.8. The SMILES string of the molecule is CCC(=C(c1ccccc1)c1ccc(C=CC(=O)NS(=O)(=O)c2cccc(Cl)c2)cc1)c1ccccc1. The molecule has 0 fully saturated rings. The molecule has 0 unspecified atom stereocenters. The summed E-state index contributed by atoms with van der Waals surface area (Å²) in [7, 11) is -4.02. The van der Waals surface area contributed by atoms with Gasteiger partial charge in [0.25, 0.3) is 15.9 Å². The maximum atomic E-state index is 12.4. The predicted octanol–water partition coefficient (Wildman–Crippen LogP) is 7.23. The van der Waals surface area contributed by atoms with Crippen LogP contribution in [0.25, 0.3) is 17.2 Å². The van der Waals surface area contributed by atoms with Crippen molar-refractivity contribution in [3.8, 4) is 0 Å². The van der Waals surface area contributed by atoms with Gasteiger partial charge in [0.05, 0.1) is 4.90 Å². The molecule has 1 N–H and O–H groups in total. The lowest BCUT2D eigenvalue weighted by molar-refractivity contribution is -0.114. The van der Waals surface area contributed by atoms with Crippen molar-refractivity contribution in [2.45, 2.75) is 18.2 Å². The van der Waals surface area contributed by atoms with Crippen LogP contribution in [0.15, 0.2) is 120 Å². The number of halogens is 1. The summed E-state index contributed by atoms with van der Waals surface area (Å²) in [5, 5.41) is 0.272. The Balaban J connectivity index is 1.59. The number of carbonyl (C=O) groups is 1. The Morgan fingerprint density at radius 1 is 0.784 bits per heavy atom. The number of hydrogen-bond acceptors (Lipinski definition) is 3. The number of benzene rings is 4. The molecule has 0 bridgehead atoms. The van der Waals surface area contributed by atoms with Crippen molar-refractivity contribution < 1.29 is 13.2 Å². The first kappa shape index (κ1) is 26.1. The number of sulfonamides is 1. The molecule has 0 aliphatic heterocycles. The Hall–Kier alpha value is -3.93. The van der Waals surface area contributed by atoms with E-state index in [-0.39, 0.29) is 9.92 Å². The summed E-state index contributed by atoms with van der Waals surface area (Å²) < 4.78 is 26.9. The highest BCUT2D eigenvalue weighted by Crippen LogP contribution is 2.34. The lowest BCUT2D eigenvalue weighted by Crippen LogP contribution is -2.28. The second-order valence-electron chi connectivity index (χ2n) is 8.32. The van der Waals surface area contributed by atoms with Gasteiger partial charge >= 0.3 is 0 Å². The fourth-order valence-electron chi connectivity index (χ4n) is 4.08. The van der Waals surface area contributed by atoms with Crippen LogP contribution in [0.1, 0.15) is 35.6 Å². The van der Waals surface area contributed by atoms with Crippen molar-refractivity contribution in [2.24, 2.45) is 0 Å². The highest BCUT2D eigenvalue weighted by Gasteiger charge is 2.16. The summed E-state index contributed by atoms with van der Waals surface area (Å²) in [5.74, 6) is -0.744. The monoisotopic (exact) mass is 527 g/mol. The molecule has 0 heterocycles. The first-order valence-corrected chi connectivity index (χ1v) is 13.7. The first-order chi connectivity index (χ1) is 17.9. The molecule has 0 aliphatic carbocycles. The van der Waals surface area contributed by atoms with Crippen LogP contribution in [-0.4, -0.2) is 14.3 Å². The number of carbonyl (C=O) groups excluding carboxylic acids is 1. The van der Waals surface area contributed by atoms with Crippen molar-refractivity contribution in [3.05, 3.63) is 143 Å². The van der Waals surface area contributed by atoms with Crippen LogP contribution in [0.5, 0.6) is 0 Å². The van der Waals surface area contributed by atoms with E-state index in [1.54, 1.807) is 12.1 Å². The van der Waals surface area contributed by atoms with Crippen LogP contribution in [-0.2, 0) is 14.8 Å². The molecule has 37 heavy (non-hydrogen) atoms. The summed E-state index contributed by atoms with van der Waals surface area (Å²) >= 11 is 5.87. The van der Waals surface area contributed by atoms with E-state index < -0.39 is 15.9 Å². The summed E-state index contributed by atoms with van der Waals surface area (Å²) in [5.41, 5.74) is 6.50. The molecule has 1 amide bonds. The predicted molar refractivity (Wildman–Crippen MR) is 151 cm³/mol. The molecule has 186 valence electrons. The standard InChI is InChI=1S/C31H26ClNO3S/c1-2-29(24-10-5-3-6-11-24)31(25-12-7-4-8-13-25)26-19-16-23(17-20-26)18-21-30(34)33-37(35,36)28-15-9-14-27(32)22-28/h3-22H,2H2,1H3,(H,33,34). The van der Waals surface area contributed by atoms with Crippen molar-refractivity contribution in [3.63, 3.8) is 0 Å². The number of nitrogens with one attached hydrogen (secondary N) is 1. The van der Waals surface area contributed by atoms with Gasteiger partial charge in [0.2, 0.25) is 0 Å². The van der Waals surface area contributed by atoms with Crippen LogP contribution in [0.2, 0.25) is 5.02 Å². The first-order valence-electron chi connectivity index (χ1n) is 11.8. The lowest BCUT2D eigenvalue weighted by Gasteiger charge is -2.16. The molecule has 0 spiro atoms. The van der Waals surface area contributed by atoms with E-state index in [2.05, 4.69) is 31.2 Å². The van der Waals surface area contributed by atoms with Gasteiger partial charge in [-0.2, -0.15) is 0 Å². The molecule has 4 aromatic rings. The highest BCUT2D eigenvalue weighted by atomic mass is 35.5. The molecule has 0 saturated heterocycles. The number of allylic oxidation sites excluding steroid dienone is 1. The van der Waals surface area contributed by atoms with E-state index in [0.717, 1.165) is 28.7 Å². The van der Waals surface area contributed by atoms with Gasteiger partial charge in [0, 0.05) is 11.1 Å². The maximum Gasteiger partial charge on any atom is 0.264 e. The molecule has 6 heteroatoms. The van der Waals surface area contributed by atoms with Gasteiger partial charge in [0.1, 0.15) is 0 Å². The van der Waals surface area contributed by atoms with E-state index >= 15 is 0 Å². The Labute approximate surface area is 223 Å². The van der Waals surface area contributed by atoms with Crippen LogP contribution in [0, 0.1) is 0 Å². The highest BCUT2D eigenvalue weighted by molar-refractivity contribution is 7.90. The molecular formula is C31H26ClNO3S. The molecule has 0 atom stereocenters. The third-order valence-corrected chi connectivity index (χ3v) is 7.39. The van der Waals surface area contributed by atoms with Crippen LogP contribution in [0.4, 0.5) is 0 Å². The van der Waals surface area contributed by atoms with E-state index in [0.29, 0.717) is 0 Å². The largest absolute Gasteiger partial charge is 0.269 e. The number of amides is 1. The topological polar surface area (TPSA) is 63.2 Å². The number of rotatable bonds is 8. The summed E-state index contributed by atoms with van der Waals surface area (Å²) in [6.07, 6.45) is 3.64. The van der Waals surface area contributed by atoms with Gasteiger partial charge in [-0.3, -0.25) is 4.79 Å². The van der Waals surface area contributed by atoms with E-state index in [4.69, 9.17) is 11.6 Å². The lowest BCUT2D eigenvalue weighted by atomic mass is 9.88. The van der Waals surface area contributed by atoms with Gasteiger partial charge in [-0.05, 0) is 64.1 Å². The second kappa shape index (κ2) is 11.9. The molecular weight excluding hydrogens is 502 g/mol. The van der Waals surface area contributed by atoms with Gasteiger partial charge in [-0.15, -0.1) is 0 Å². The Bertz CT molecular complexity index is 1540. The minimum atomic E-state index is -4.02. The molecule has 0 aliphatic rings. The van der Waals surface area contributed by atoms with E-state index in [1.165, 1.54) is 35.4 Å². The molecule has 4 rings (SSSR count). The van der Waals surface area contributed by atoms with Gasteiger partial charge in [0.15, 0.2) is 0 Å². The summed E-state index contributed by atoms with van der Waals surface area (Å²) in [6.45, 7) is 2.15. The molecule has 4 nitrogen and oxygen atoms in total. The number of hydrogen-bond donors (Lipinski definition) is 1. The third-order valence-electron chi connectivity index (χ3n) is 5.81. The second-order valence-corrected chi connectivity index (χ2v) is 10.4. The zero-order valence-electron chi connectivity index (χ0n) is 20.3. The minimum Gasteiger partial charge on any atom is -0.269 e. The minimum absolute atomic E-state index is 0.0727. The average Bonchev–Trinajstić information content (AvgIpc) is 2.91. The third kappa shape index (κ3) is 6.64. The van der Waals surface area contributed by atoms with E-state index in [9.17, 15) is 13.2 Å². The van der Waals surface area contributed by atoms with Crippen LogP contribution < -0.4 is 4.72 Å². The summed E-state index contributed by atoms with van der Waals surface area (Å²) in [6, 6.07) is 34.2. The zero-order chi connectivity index (χ0) is 26.3. The normalized spacial score (nSPS) is 12.3. The van der Waals surface area contributed by atoms with Crippen LogP contribution in [0.3, 0.4) is 0 Å². The van der Waals surface area contributed by atoms with Gasteiger partial charge < -0.3 is 0 Å². The van der Waals surface area contributed by atoms with Crippen LogP contribution >= 0.6 is 11.6 Å². The molecule has 0 radical (unpaired) electrons. The fraction of sp³-hybridized carbons (Fsp3) is 0.0645.